The minimum atomic E-state index is -3.65. The van der Waals surface area contributed by atoms with Crippen LogP contribution in [0.3, 0.4) is 0 Å². The van der Waals surface area contributed by atoms with Crippen molar-refractivity contribution in [2.75, 3.05) is 5.75 Å². The molecule has 0 atom stereocenters. The number of amides is 1. The number of thiazole rings is 1. The molecule has 5 nitrogen and oxygen atoms in total. The lowest BCUT2D eigenvalue weighted by molar-refractivity contribution is -0.129. The highest BCUT2D eigenvalue weighted by Crippen LogP contribution is 2.23. The van der Waals surface area contributed by atoms with Crippen molar-refractivity contribution in [3.05, 3.63) is 46.5 Å². The van der Waals surface area contributed by atoms with Gasteiger partial charge < -0.3 is 4.90 Å². The van der Waals surface area contributed by atoms with E-state index in [9.17, 15) is 13.2 Å². The molecule has 0 saturated carbocycles. The van der Waals surface area contributed by atoms with Crippen LogP contribution in [0.5, 0.6) is 0 Å². The van der Waals surface area contributed by atoms with Crippen molar-refractivity contribution in [1.29, 1.82) is 0 Å². The van der Waals surface area contributed by atoms with Gasteiger partial charge in [-0.3, -0.25) is 4.79 Å². The summed E-state index contributed by atoms with van der Waals surface area (Å²) in [5.74, 6) is -0.896. The molecule has 0 saturated heterocycles. The van der Waals surface area contributed by atoms with Gasteiger partial charge in [0.25, 0.3) is 0 Å². The van der Waals surface area contributed by atoms with Crippen molar-refractivity contribution in [3.8, 4) is 0 Å². The van der Waals surface area contributed by atoms with E-state index in [1.54, 1.807) is 17.2 Å². The van der Waals surface area contributed by atoms with Crippen LogP contribution in [-0.4, -0.2) is 30.0 Å². The van der Waals surface area contributed by atoms with Crippen molar-refractivity contribution >= 4 is 27.1 Å². The summed E-state index contributed by atoms with van der Waals surface area (Å²) in [6.45, 7) is 2.68. The Bertz CT molecular complexity index is 771. The molecule has 0 bridgehead atoms. The molecule has 0 radical (unpaired) electrons. The molecular formula is C14H14N2O3S2. The molecule has 1 aliphatic heterocycles. The normalized spacial score (nSPS) is 14.2. The maximum atomic E-state index is 12.2. The maximum absolute atomic E-state index is 12.2. The van der Waals surface area contributed by atoms with E-state index in [0.29, 0.717) is 18.8 Å². The van der Waals surface area contributed by atoms with Crippen molar-refractivity contribution in [2.24, 2.45) is 0 Å². The zero-order chi connectivity index (χ0) is 15.0. The number of aromatic nitrogens is 1. The number of carbonyl (C=O) groups is 1. The van der Waals surface area contributed by atoms with Crippen LogP contribution < -0.4 is 0 Å². The number of hydrogen-bond donors (Lipinski definition) is 0. The van der Waals surface area contributed by atoms with Crippen LogP contribution in [0.2, 0.25) is 0 Å². The lowest BCUT2D eigenvalue weighted by atomic mass is 10.1. The summed E-state index contributed by atoms with van der Waals surface area (Å²) in [5, 5.41) is 1.67. The zero-order valence-corrected chi connectivity index (χ0v) is 13.1. The van der Waals surface area contributed by atoms with Crippen LogP contribution in [0.15, 0.2) is 34.0 Å². The first kappa shape index (κ1) is 14.2. The first-order valence-electron chi connectivity index (χ1n) is 6.45. The number of aryl methyl sites for hydroxylation is 1. The fraction of sp³-hybridized carbons (Fsp3) is 0.286. The number of hydrogen-bond acceptors (Lipinski definition) is 5. The molecular weight excluding hydrogens is 308 g/mol. The second-order valence-electron chi connectivity index (χ2n) is 5.03. The summed E-state index contributed by atoms with van der Waals surface area (Å²) in [4.78, 5) is 17.8. The minimum Gasteiger partial charge on any atom is -0.333 e. The van der Waals surface area contributed by atoms with Gasteiger partial charge in [-0.25, -0.2) is 13.4 Å². The molecule has 0 N–H and O–H groups in total. The van der Waals surface area contributed by atoms with E-state index in [-0.39, 0.29) is 10.2 Å². The highest BCUT2D eigenvalue weighted by molar-refractivity contribution is 7.93. The van der Waals surface area contributed by atoms with Gasteiger partial charge in [0.1, 0.15) is 5.75 Å². The smallest absolute Gasteiger partial charge is 0.238 e. The van der Waals surface area contributed by atoms with E-state index in [1.807, 2.05) is 24.3 Å². The number of fused-ring (bicyclic) bond motifs is 1. The van der Waals surface area contributed by atoms with Gasteiger partial charge >= 0.3 is 0 Å². The second-order valence-corrected chi connectivity index (χ2v) is 8.05. The number of sulfone groups is 1. The topological polar surface area (TPSA) is 67.3 Å². The van der Waals surface area contributed by atoms with E-state index in [0.717, 1.165) is 22.5 Å². The van der Waals surface area contributed by atoms with Gasteiger partial charge in [-0.1, -0.05) is 24.3 Å². The molecule has 0 spiro atoms. The molecule has 1 aromatic heterocycles. The average Bonchev–Trinajstić information content (AvgIpc) is 3.04. The van der Waals surface area contributed by atoms with Crippen LogP contribution >= 0.6 is 11.3 Å². The molecule has 7 heteroatoms. The SMILES string of the molecule is Cc1csc(S(=O)(=O)CC(=O)N2Cc3ccccc3C2)n1. The van der Waals surface area contributed by atoms with Gasteiger partial charge in [0.05, 0.1) is 0 Å². The third kappa shape index (κ3) is 2.84. The summed E-state index contributed by atoms with van der Waals surface area (Å²) in [6, 6.07) is 7.76. The standard InChI is InChI=1S/C14H14N2O3S2/c1-10-8-20-14(15-10)21(18,19)9-13(17)16-6-11-4-2-3-5-12(11)7-16/h2-5,8H,6-7,9H2,1H3. The minimum absolute atomic E-state index is 0.0186. The van der Waals surface area contributed by atoms with Crippen molar-refractivity contribution in [1.82, 2.24) is 9.88 Å². The van der Waals surface area contributed by atoms with E-state index >= 15 is 0 Å². The summed E-state index contributed by atoms with van der Waals surface area (Å²) in [5.41, 5.74) is 2.81. The molecule has 110 valence electrons. The van der Waals surface area contributed by atoms with Crippen molar-refractivity contribution < 1.29 is 13.2 Å². The monoisotopic (exact) mass is 322 g/mol. The Balaban J connectivity index is 1.73. The lowest BCUT2D eigenvalue weighted by Crippen LogP contribution is -2.31. The number of rotatable bonds is 3. The van der Waals surface area contributed by atoms with Gasteiger partial charge in [0.15, 0.2) is 0 Å². The summed E-state index contributed by atoms with van der Waals surface area (Å²) in [6.07, 6.45) is 0. The van der Waals surface area contributed by atoms with Gasteiger partial charge in [-0.2, -0.15) is 0 Å². The van der Waals surface area contributed by atoms with E-state index in [1.165, 1.54) is 0 Å². The Morgan fingerprint density at radius 2 is 1.90 bits per heavy atom. The van der Waals surface area contributed by atoms with Crippen LogP contribution in [0, 0.1) is 6.92 Å². The highest BCUT2D eigenvalue weighted by Gasteiger charge is 2.29. The van der Waals surface area contributed by atoms with Crippen LogP contribution in [0.25, 0.3) is 0 Å². The molecule has 0 fully saturated rings. The summed E-state index contributed by atoms with van der Waals surface area (Å²) < 4.78 is 24.4. The first-order chi connectivity index (χ1) is 9.95. The summed E-state index contributed by atoms with van der Waals surface area (Å²) in [7, 11) is -3.65. The van der Waals surface area contributed by atoms with E-state index in [4.69, 9.17) is 0 Å². The average molecular weight is 322 g/mol. The fourth-order valence-electron chi connectivity index (χ4n) is 2.30. The van der Waals surface area contributed by atoms with Crippen LogP contribution in [0.1, 0.15) is 16.8 Å². The van der Waals surface area contributed by atoms with Crippen molar-refractivity contribution in [2.45, 2.75) is 24.4 Å². The predicted molar refractivity (Wildman–Crippen MR) is 79.6 cm³/mol. The highest BCUT2D eigenvalue weighted by atomic mass is 32.2. The number of benzene rings is 1. The molecule has 1 amide bonds. The Morgan fingerprint density at radius 1 is 1.29 bits per heavy atom. The largest absolute Gasteiger partial charge is 0.333 e. The first-order valence-corrected chi connectivity index (χ1v) is 8.98. The Morgan fingerprint density at radius 3 is 2.43 bits per heavy atom. The third-order valence-corrected chi connectivity index (χ3v) is 6.42. The molecule has 1 aliphatic rings. The molecule has 2 heterocycles. The fourth-order valence-corrected chi connectivity index (χ4v) is 4.64. The third-order valence-electron chi connectivity index (χ3n) is 3.37. The maximum Gasteiger partial charge on any atom is 0.238 e. The molecule has 0 aliphatic carbocycles. The molecule has 2 aromatic rings. The quantitative estimate of drug-likeness (QED) is 0.864. The Kier molecular flexibility index (Phi) is 3.54. The molecule has 0 unspecified atom stereocenters. The number of nitrogens with zero attached hydrogens (tertiary/aromatic N) is 2. The second kappa shape index (κ2) is 5.23. The lowest BCUT2D eigenvalue weighted by Gasteiger charge is -2.14. The van der Waals surface area contributed by atoms with E-state index in [2.05, 4.69) is 4.98 Å². The zero-order valence-electron chi connectivity index (χ0n) is 11.4. The Labute approximate surface area is 127 Å². The van der Waals surface area contributed by atoms with Crippen molar-refractivity contribution in [3.63, 3.8) is 0 Å². The van der Waals surface area contributed by atoms with Gasteiger partial charge in [-0.15, -0.1) is 11.3 Å². The van der Waals surface area contributed by atoms with Crippen LogP contribution in [-0.2, 0) is 27.7 Å². The van der Waals surface area contributed by atoms with Crippen LogP contribution in [0.4, 0.5) is 0 Å². The molecule has 3 rings (SSSR count). The number of carbonyl (C=O) groups excluding carboxylic acids is 1. The van der Waals surface area contributed by atoms with Gasteiger partial charge in [0.2, 0.25) is 20.1 Å². The van der Waals surface area contributed by atoms with Gasteiger partial charge in [-0.05, 0) is 18.1 Å². The Hall–Kier alpha value is -1.73. The molecule has 1 aromatic carbocycles. The predicted octanol–water partition coefficient (Wildman–Crippen LogP) is 1.77. The summed E-state index contributed by atoms with van der Waals surface area (Å²) >= 11 is 1.06. The van der Waals surface area contributed by atoms with E-state index < -0.39 is 15.6 Å². The molecule has 21 heavy (non-hydrogen) atoms. The van der Waals surface area contributed by atoms with Gasteiger partial charge in [0, 0.05) is 24.2 Å².